The zero-order valence-electron chi connectivity index (χ0n) is 13.7. The van der Waals surface area contributed by atoms with Gasteiger partial charge in [0.15, 0.2) is 5.96 Å². The second-order valence-electron chi connectivity index (χ2n) is 7.35. The molecule has 0 amide bonds. The third-order valence-electron chi connectivity index (χ3n) is 5.80. The third kappa shape index (κ3) is 3.53. The summed E-state index contributed by atoms with van der Waals surface area (Å²) in [6.45, 7) is 3.46. The van der Waals surface area contributed by atoms with Gasteiger partial charge in [0.25, 0.3) is 0 Å². The maximum atomic E-state index is 6.22. The highest BCUT2D eigenvalue weighted by Crippen LogP contribution is 2.36. The molecule has 0 aromatic carbocycles. The first kappa shape index (κ1) is 15.1. The normalized spacial score (nSPS) is 27.6. The van der Waals surface area contributed by atoms with Crippen LogP contribution in [0, 0.1) is 0 Å². The molecule has 0 radical (unpaired) electrons. The first-order chi connectivity index (χ1) is 10.2. The van der Waals surface area contributed by atoms with E-state index in [1.54, 1.807) is 0 Å². The lowest BCUT2D eigenvalue weighted by molar-refractivity contribution is 0.0406. The molecule has 21 heavy (non-hydrogen) atoms. The summed E-state index contributed by atoms with van der Waals surface area (Å²) >= 11 is 0. The lowest BCUT2D eigenvalue weighted by Gasteiger charge is -2.47. The fourth-order valence-corrected chi connectivity index (χ4v) is 4.14. The lowest BCUT2D eigenvalue weighted by Crippen LogP contribution is -2.54. The van der Waals surface area contributed by atoms with E-state index in [9.17, 15) is 0 Å². The van der Waals surface area contributed by atoms with Crippen molar-refractivity contribution in [2.75, 3.05) is 26.7 Å². The first-order valence-electron chi connectivity index (χ1n) is 8.99. The largest absolute Gasteiger partial charge is 0.370 e. The molecule has 1 heterocycles. The predicted octanol–water partition coefficient (Wildman–Crippen LogP) is 2.58. The van der Waals surface area contributed by atoms with Crippen LogP contribution in [0.3, 0.4) is 0 Å². The van der Waals surface area contributed by atoms with Crippen molar-refractivity contribution in [2.24, 2.45) is 10.7 Å². The Morgan fingerprint density at radius 2 is 1.71 bits per heavy atom. The standard InChI is InChI=1S/C17H32N4/c1-20(15-8-9-15)16(18)19-14-17(10-4-2-5-11-17)21-12-6-3-7-13-21/h15H,2-14H2,1H3,(H2,18,19). The van der Waals surface area contributed by atoms with Crippen molar-refractivity contribution in [3.63, 3.8) is 0 Å². The number of hydrogen-bond acceptors (Lipinski definition) is 2. The summed E-state index contributed by atoms with van der Waals surface area (Å²) in [7, 11) is 2.10. The van der Waals surface area contributed by atoms with Crippen LogP contribution in [-0.2, 0) is 0 Å². The third-order valence-corrected chi connectivity index (χ3v) is 5.80. The second-order valence-corrected chi connectivity index (χ2v) is 7.35. The Bertz CT molecular complexity index is 363. The summed E-state index contributed by atoms with van der Waals surface area (Å²) in [5.74, 6) is 0.763. The molecule has 0 aromatic heterocycles. The van der Waals surface area contributed by atoms with Crippen LogP contribution in [0.4, 0.5) is 0 Å². The highest BCUT2D eigenvalue weighted by molar-refractivity contribution is 5.78. The minimum atomic E-state index is 0.313. The topological polar surface area (TPSA) is 44.9 Å². The molecule has 1 saturated heterocycles. The van der Waals surface area contributed by atoms with Crippen LogP contribution in [0.2, 0.25) is 0 Å². The number of hydrogen-bond donors (Lipinski definition) is 1. The van der Waals surface area contributed by atoms with Gasteiger partial charge in [0.2, 0.25) is 0 Å². The molecule has 0 atom stereocenters. The number of rotatable bonds is 4. The Hall–Kier alpha value is -0.770. The molecular formula is C17H32N4. The highest BCUT2D eigenvalue weighted by Gasteiger charge is 2.38. The number of nitrogens with two attached hydrogens (primary N) is 1. The Morgan fingerprint density at radius 1 is 1.10 bits per heavy atom. The van der Waals surface area contributed by atoms with E-state index < -0.39 is 0 Å². The first-order valence-corrected chi connectivity index (χ1v) is 8.99. The number of aliphatic imine (C=N–C) groups is 1. The van der Waals surface area contributed by atoms with Gasteiger partial charge in [0.1, 0.15) is 0 Å². The van der Waals surface area contributed by atoms with Gasteiger partial charge in [-0.3, -0.25) is 9.89 Å². The Labute approximate surface area is 129 Å². The van der Waals surface area contributed by atoms with Crippen molar-refractivity contribution in [1.29, 1.82) is 0 Å². The molecule has 2 N–H and O–H groups in total. The Morgan fingerprint density at radius 3 is 2.33 bits per heavy atom. The van der Waals surface area contributed by atoms with Crippen LogP contribution in [0.1, 0.15) is 64.2 Å². The van der Waals surface area contributed by atoms with Crippen molar-refractivity contribution in [1.82, 2.24) is 9.80 Å². The Kier molecular flexibility index (Phi) is 4.72. The highest BCUT2D eigenvalue weighted by atomic mass is 15.3. The molecule has 0 bridgehead atoms. The van der Waals surface area contributed by atoms with Gasteiger partial charge in [-0.05, 0) is 51.6 Å². The van der Waals surface area contributed by atoms with Gasteiger partial charge in [0, 0.05) is 18.6 Å². The van der Waals surface area contributed by atoms with E-state index in [0.717, 1.165) is 12.5 Å². The van der Waals surface area contributed by atoms with Crippen molar-refractivity contribution in [3.05, 3.63) is 0 Å². The summed E-state index contributed by atoms with van der Waals surface area (Å²) in [4.78, 5) is 9.78. The van der Waals surface area contributed by atoms with Gasteiger partial charge >= 0.3 is 0 Å². The number of likely N-dealkylation sites (tertiary alicyclic amines) is 1. The SMILES string of the molecule is CN(C(N)=NCC1(N2CCCCC2)CCCCC1)C1CC1. The Balaban J connectivity index is 1.67. The molecule has 0 spiro atoms. The van der Waals surface area contributed by atoms with Crippen molar-refractivity contribution >= 4 is 5.96 Å². The monoisotopic (exact) mass is 292 g/mol. The van der Waals surface area contributed by atoms with Crippen LogP contribution in [0.25, 0.3) is 0 Å². The van der Waals surface area contributed by atoms with Crippen LogP contribution >= 0.6 is 0 Å². The summed E-state index contributed by atoms with van der Waals surface area (Å²) in [5, 5.41) is 0. The van der Waals surface area contributed by atoms with E-state index >= 15 is 0 Å². The molecule has 3 rings (SSSR count). The van der Waals surface area contributed by atoms with Crippen LogP contribution in [0.5, 0.6) is 0 Å². The van der Waals surface area contributed by atoms with E-state index in [1.165, 1.54) is 77.3 Å². The summed E-state index contributed by atoms with van der Waals surface area (Å²) < 4.78 is 0. The maximum absolute atomic E-state index is 6.22. The second kappa shape index (κ2) is 6.55. The van der Waals surface area contributed by atoms with Gasteiger partial charge in [0.05, 0.1) is 6.54 Å². The lowest BCUT2D eigenvalue weighted by atomic mass is 9.79. The predicted molar refractivity (Wildman–Crippen MR) is 88.5 cm³/mol. The quantitative estimate of drug-likeness (QED) is 0.640. The van der Waals surface area contributed by atoms with Gasteiger partial charge in [-0.2, -0.15) is 0 Å². The molecule has 2 aliphatic carbocycles. The zero-order valence-corrected chi connectivity index (χ0v) is 13.7. The van der Waals surface area contributed by atoms with Gasteiger partial charge in [-0.15, -0.1) is 0 Å². The fourth-order valence-electron chi connectivity index (χ4n) is 4.14. The molecule has 3 fully saturated rings. The van der Waals surface area contributed by atoms with Gasteiger partial charge in [-0.1, -0.05) is 25.7 Å². The molecule has 2 saturated carbocycles. The average molecular weight is 292 g/mol. The van der Waals surface area contributed by atoms with Crippen LogP contribution < -0.4 is 5.73 Å². The van der Waals surface area contributed by atoms with E-state index in [2.05, 4.69) is 16.8 Å². The van der Waals surface area contributed by atoms with Gasteiger partial charge < -0.3 is 10.6 Å². The number of nitrogens with zero attached hydrogens (tertiary/aromatic N) is 3. The number of piperidine rings is 1. The summed E-state index contributed by atoms with van der Waals surface area (Å²) in [6.07, 6.45) is 13.5. The van der Waals surface area contributed by atoms with Gasteiger partial charge in [-0.25, -0.2) is 0 Å². The summed E-state index contributed by atoms with van der Waals surface area (Å²) in [6, 6.07) is 0.658. The van der Waals surface area contributed by atoms with Crippen molar-refractivity contribution in [3.8, 4) is 0 Å². The molecule has 0 aromatic rings. The number of guanidine groups is 1. The van der Waals surface area contributed by atoms with Crippen molar-refractivity contribution < 1.29 is 0 Å². The fraction of sp³-hybridized carbons (Fsp3) is 0.941. The molecule has 3 aliphatic rings. The van der Waals surface area contributed by atoms with E-state index in [0.29, 0.717) is 11.6 Å². The molecule has 4 heteroatoms. The molecule has 0 unspecified atom stereocenters. The summed E-state index contributed by atoms with van der Waals surface area (Å²) in [5.41, 5.74) is 6.53. The molecule has 4 nitrogen and oxygen atoms in total. The smallest absolute Gasteiger partial charge is 0.191 e. The van der Waals surface area contributed by atoms with E-state index in [-0.39, 0.29) is 0 Å². The molecule has 1 aliphatic heterocycles. The average Bonchev–Trinajstić information content (AvgIpc) is 3.38. The minimum Gasteiger partial charge on any atom is -0.370 e. The van der Waals surface area contributed by atoms with Crippen molar-refractivity contribution in [2.45, 2.75) is 75.8 Å². The zero-order chi connectivity index (χ0) is 14.7. The van der Waals surface area contributed by atoms with E-state index in [4.69, 9.17) is 10.7 Å². The molecular weight excluding hydrogens is 260 g/mol. The van der Waals surface area contributed by atoms with Crippen LogP contribution in [-0.4, -0.2) is 54.0 Å². The van der Waals surface area contributed by atoms with E-state index in [1.807, 2.05) is 0 Å². The maximum Gasteiger partial charge on any atom is 0.191 e. The molecule has 120 valence electrons. The minimum absolute atomic E-state index is 0.313. The van der Waals surface area contributed by atoms with Crippen LogP contribution in [0.15, 0.2) is 4.99 Å².